The van der Waals surface area contributed by atoms with E-state index < -0.39 is 6.04 Å². The summed E-state index contributed by atoms with van der Waals surface area (Å²) in [5.41, 5.74) is 8.27. The number of benzene rings is 1. The second-order valence-corrected chi connectivity index (χ2v) is 7.01. The van der Waals surface area contributed by atoms with E-state index in [1.165, 1.54) is 11.3 Å². The van der Waals surface area contributed by atoms with Crippen molar-refractivity contribution in [2.75, 3.05) is 0 Å². The summed E-state index contributed by atoms with van der Waals surface area (Å²) < 4.78 is 1.86. The van der Waals surface area contributed by atoms with Gasteiger partial charge < -0.3 is 5.73 Å². The van der Waals surface area contributed by atoms with E-state index in [4.69, 9.17) is 17.3 Å². The molecule has 1 aliphatic heterocycles. The van der Waals surface area contributed by atoms with E-state index in [2.05, 4.69) is 12.1 Å². The van der Waals surface area contributed by atoms with Crippen molar-refractivity contribution in [2.24, 2.45) is 11.7 Å². The molecule has 5 heteroatoms. The summed E-state index contributed by atoms with van der Waals surface area (Å²) in [5.74, 6) is 0.484. The molecule has 0 saturated heterocycles. The van der Waals surface area contributed by atoms with Gasteiger partial charge in [-0.25, -0.2) is 4.79 Å². The Bertz CT molecular complexity index is 568. The molecule has 1 aliphatic carbocycles. The van der Waals surface area contributed by atoms with E-state index in [0.717, 1.165) is 24.3 Å². The Morgan fingerprint density at radius 3 is 2.80 bits per heavy atom. The quantitative estimate of drug-likeness (QED) is 0.674. The van der Waals surface area contributed by atoms with Gasteiger partial charge in [0.15, 0.2) is 17.7 Å². The van der Waals surface area contributed by atoms with E-state index in [-0.39, 0.29) is 5.91 Å². The van der Waals surface area contributed by atoms with Gasteiger partial charge >= 0.3 is 5.91 Å². The van der Waals surface area contributed by atoms with Crippen molar-refractivity contribution in [1.29, 1.82) is 0 Å². The highest BCUT2D eigenvalue weighted by atomic mass is 35.5. The van der Waals surface area contributed by atoms with Crippen molar-refractivity contribution in [1.82, 2.24) is 0 Å². The van der Waals surface area contributed by atoms with Crippen LogP contribution in [0.1, 0.15) is 37.0 Å². The van der Waals surface area contributed by atoms with E-state index in [1.54, 1.807) is 18.9 Å². The minimum Gasteiger partial charge on any atom is -0.316 e. The number of rotatable bonds is 2. The zero-order valence-electron chi connectivity index (χ0n) is 11.4. The SMILES string of the molecule is C[C@H](N)C(=O)[N+]1=C2CCC[C@H]2C(c2ccc(Cl)cc2)S1. The van der Waals surface area contributed by atoms with Crippen molar-refractivity contribution in [3.05, 3.63) is 34.9 Å². The van der Waals surface area contributed by atoms with Crippen LogP contribution in [-0.4, -0.2) is 21.6 Å². The third-order valence-electron chi connectivity index (χ3n) is 4.01. The first-order chi connectivity index (χ1) is 9.58. The van der Waals surface area contributed by atoms with Gasteiger partial charge in [-0.1, -0.05) is 27.7 Å². The van der Waals surface area contributed by atoms with E-state index in [0.29, 0.717) is 11.2 Å². The van der Waals surface area contributed by atoms with Crippen molar-refractivity contribution < 1.29 is 8.78 Å². The molecule has 1 heterocycles. The molecule has 2 N–H and O–H groups in total. The molecule has 3 rings (SSSR count). The van der Waals surface area contributed by atoms with E-state index in [9.17, 15) is 4.79 Å². The van der Waals surface area contributed by atoms with Crippen LogP contribution in [-0.2, 0) is 4.79 Å². The van der Waals surface area contributed by atoms with Crippen LogP contribution >= 0.6 is 23.5 Å². The number of hydrogen-bond acceptors (Lipinski definition) is 3. The topological polar surface area (TPSA) is 46.1 Å². The maximum Gasteiger partial charge on any atom is 0.416 e. The number of nitrogens with two attached hydrogens (primary N) is 1. The Hall–Kier alpha value is -0.840. The predicted molar refractivity (Wildman–Crippen MR) is 83.0 cm³/mol. The fourth-order valence-electron chi connectivity index (χ4n) is 3.01. The number of carbonyl (C=O) groups is 1. The highest BCUT2D eigenvalue weighted by Gasteiger charge is 2.50. The number of amides is 1. The first-order valence-corrected chi connectivity index (χ1v) is 8.17. The monoisotopic (exact) mass is 309 g/mol. The first kappa shape index (κ1) is 14.1. The molecular formula is C15H18ClN2OS+. The summed E-state index contributed by atoms with van der Waals surface area (Å²) in [5, 5.41) is 1.06. The highest BCUT2D eigenvalue weighted by Crippen LogP contribution is 2.49. The van der Waals surface area contributed by atoms with Gasteiger partial charge in [-0.2, -0.15) is 0 Å². The van der Waals surface area contributed by atoms with Gasteiger partial charge in [0.1, 0.15) is 11.3 Å². The second kappa shape index (κ2) is 5.51. The largest absolute Gasteiger partial charge is 0.416 e. The minimum atomic E-state index is -0.444. The first-order valence-electron chi connectivity index (χ1n) is 6.95. The molecule has 3 atom stereocenters. The summed E-state index contributed by atoms with van der Waals surface area (Å²) in [6, 6.07) is 7.52. The third kappa shape index (κ3) is 2.41. The maximum atomic E-state index is 12.3. The molecule has 0 bridgehead atoms. The summed E-state index contributed by atoms with van der Waals surface area (Å²) in [7, 11) is 0. The van der Waals surface area contributed by atoms with Crippen molar-refractivity contribution in [3.8, 4) is 0 Å². The molecule has 106 valence electrons. The Balaban J connectivity index is 1.91. The number of fused-ring (bicyclic) bond motifs is 1. The molecule has 2 aliphatic rings. The molecule has 3 nitrogen and oxygen atoms in total. The van der Waals surface area contributed by atoms with Crippen molar-refractivity contribution >= 4 is 35.2 Å². The van der Waals surface area contributed by atoms with Crippen LogP contribution in [0.25, 0.3) is 0 Å². The molecule has 0 spiro atoms. The van der Waals surface area contributed by atoms with Crippen LogP contribution in [0.15, 0.2) is 24.3 Å². The average Bonchev–Trinajstić information content (AvgIpc) is 3.00. The molecule has 1 saturated carbocycles. The molecule has 20 heavy (non-hydrogen) atoms. The van der Waals surface area contributed by atoms with Gasteiger partial charge in [0.25, 0.3) is 0 Å². The summed E-state index contributed by atoms with van der Waals surface area (Å²) in [6.45, 7) is 1.75. The van der Waals surface area contributed by atoms with Gasteiger partial charge in [0.05, 0.1) is 5.92 Å². The molecule has 0 aromatic heterocycles. The van der Waals surface area contributed by atoms with Crippen LogP contribution in [0, 0.1) is 5.92 Å². The lowest BCUT2D eigenvalue weighted by molar-refractivity contribution is -0.294. The lowest BCUT2D eigenvalue weighted by atomic mass is 9.96. The standard InChI is InChI=1S/C15H18ClN2OS/c1-9(17)15(19)18-13-4-2-3-12(13)14(20-18)10-5-7-11(16)8-6-10/h5-9,12,14H,2-4,17H2,1H3/q+1/t9-,12+,14?/m0/s1. The number of carbonyl (C=O) groups excluding carboxylic acids is 1. The van der Waals surface area contributed by atoms with Gasteiger partial charge in [0, 0.05) is 11.4 Å². The zero-order valence-corrected chi connectivity index (χ0v) is 13.0. The third-order valence-corrected chi connectivity index (χ3v) is 5.71. The van der Waals surface area contributed by atoms with Gasteiger partial charge in [-0.05, 0) is 37.5 Å². The van der Waals surface area contributed by atoms with Crippen molar-refractivity contribution in [3.63, 3.8) is 0 Å². The van der Waals surface area contributed by atoms with Gasteiger partial charge in [-0.3, -0.25) is 0 Å². The van der Waals surface area contributed by atoms with Crippen LogP contribution < -0.4 is 5.73 Å². The smallest absolute Gasteiger partial charge is 0.316 e. The van der Waals surface area contributed by atoms with Gasteiger partial charge in [0.2, 0.25) is 0 Å². The predicted octanol–water partition coefficient (Wildman–Crippen LogP) is 3.17. The minimum absolute atomic E-state index is 0.0216. The lowest BCUT2D eigenvalue weighted by Gasteiger charge is -2.11. The molecule has 0 radical (unpaired) electrons. The van der Waals surface area contributed by atoms with E-state index >= 15 is 0 Å². The normalized spacial score (nSPS) is 26.8. The molecule has 1 aromatic rings. The van der Waals surface area contributed by atoms with Crippen LogP contribution in [0.4, 0.5) is 0 Å². The molecular weight excluding hydrogens is 292 g/mol. The number of halogens is 1. The Labute approximate surface area is 128 Å². The summed E-state index contributed by atoms with van der Waals surface area (Å²) in [6.07, 6.45) is 3.33. The maximum absolute atomic E-state index is 12.3. The van der Waals surface area contributed by atoms with Gasteiger partial charge in [-0.15, -0.1) is 0 Å². The Morgan fingerprint density at radius 1 is 1.45 bits per heavy atom. The molecule has 1 fully saturated rings. The van der Waals surface area contributed by atoms with Crippen LogP contribution in [0.2, 0.25) is 5.02 Å². The summed E-state index contributed by atoms with van der Waals surface area (Å²) in [4.78, 5) is 12.3. The second-order valence-electron chi connectivity index (χ2n) is 5.49. The fourth-order valence-corrected chi connectivity index (χ4v) is 4.72. The van der Waals surface area contributed by atoms with Crippen LogP contribution in [0.5, 0.6) is 0 Å². The Morgan fingerprint density at radius 2 is 2.15 bits per heavy atom. The molecule has 1 amide bonds. The number of hydrogen-bond donors (Lipinski definition) is 1. The fraction of sp³-hybridized carbons (Fsp3) is 0.467. The number of nitrogens with zero attached hydrogens (tertiary/aromatic N) is 1. The van der Waals surface area contributed by atoms with E-state index in [1.807, 2.05) is 16.1 Å². The zero-order chi connectivity index (χ0) is 14.3. The van der Waals surface area contributed by atoms with Crippen LogP contribution in [0.3, 0.4) is 0 Å². The molecule has 1 unspecified atom stereocenters. The van der Waals surface area contributed by atoms with Crippen molar-refractivity contribution in [2.45, 2.75) is 37.5 Å². The lowest BCUT2D eigenvalue weighted by Crippen LogP contribution is -2.34. The molecule has 1 aromatic carbocycles. The summed E-state index contributed by atoms with van der Waals surface area (Å²) >= 11 is 7.58. The highest BCUT2D eigenvalue weighted by molar-refractivity contribution is 7.94. The average molecular weight is 310 g/mol. The Kier molecular flexibility index (Phi) is 3.89.